The Hall–Kier alpha value is -3.90. The molecule has 0 aliphatic heterocycles. The fraction of sp³-hybridized carbons (Fsp3) is 0.240. The summed E-state index contributed by atoms with van der Waals surface area (Å²) in [5.74, 6) is -4.69. The Labute approximate surface area is 210 Å². The van der Waals surface area contributed by atoms with Gasteiger partial charge in [-0.1, -0.05) is 12.1 Å². The molecule has 0 unspecified atom stereocenters. The third-order valence-electron chi connectivity index (χ3n) is 5.52. The van der Waals surface area contributed by atoms with Crippen LogP contribution in [0.4, 0.5) is 39.5 Å². The van der Waals surface area contributed by atoms with Gasteiger partial charge >= 0.3 is 18.7 Å². The van der Waals surface area contributed by atoms with Crippen LogP contribution in [0.1, 0.15) is 34.0 Å². The zero-order valence-electron chi connectivity index (χ0n) is 19.5. The van der Waals surface area contributed by atoms with E-state index in [4.69, 9.17) is 4.74 Å². The van der Waals surface area contributed by atoms with E-state index in [0.29, 0.717) is 17.9 Å². The first-order valence-corrected chi connectivity index (χ1v) is 10.6. The molecule has 3 aromatic rings. The van der Waals surface area contributed by atoms with Gasteiger partial charge in [0.2, 0.25) is 0 Å². The average molecular weight is 551 g/mol. The van der Waals surface area contributed by atoms with Gasteiger partial charge in [-0.2, -0.15) is 30.7 Å². The summed E-state index contributed by atoms with van der Waals surface area (Å²) in [7, 11) is 1.35. The van der Waals surface area contributed by atoms with Crippen molar-refractivity contribution in [2.45, 2.75) is 31.2 Å². The first-order chi connectivity index (χ1) is 17.6. The molecule has 0 saturated carbocycles. The monoisotopic (exact) mass is 551 g/mol. The molecule has 0 spiro atoms. The van der Waals surface area contributed by atoms with E-state index in [-0.39, 0.29) is 17.2 Å². The summed E-state index contributed by atoms with van der Waals surface area (Å²) in [6, 6.07) is 9.02. The molecule has 0 radical (unpaired) electrons. The van der Waals surface area contributed by atoms with Crippen LogP contribution in [0.25, 0.3) is 0 Å². The van der Waals surface area contributed by atoms with E-state index in [2.05, 4.69) is 10.1 Å². The average Bonchev–Trinajstić information content (AvgIpc) is 2.82. The van der Waals surface area contributed by atoms with Crippen LogP contribution >= 0.6 is 0 Å². The molecule has 1 atom stereocenters. The maximum Gasteiger partial charge on any atom is 0.461 e. The molecule has 0 bridgehead atoms. The van der Waals surface area contributed by atoms with Gasteiger partial charge in [0, 0.05) is 11.6 Å². The van der Waals surface area contributed by atoms with Crippen molar-refractivity contribution in [1.82, 2.24) is 5.32 Å². The number of alkyl halides is 7. The van der Waals surface area contributed by atoms with Crippen LogP contribution in [-0.4, -0.2) is 25.6 Å². The molecule has 3 aromatic carbocycles. The zero-order chi connectivity index (χ0) is 28.5. The lowest BCUT2D eigenvalue weighted by Crippen LogP contribution is -2.44. The minimum atomic E-state index is -5.12. The first-order valence-electron chi connectivity index (χ1n) is 10.6. The van der Waals surface area contributed by atoms with E-state index < -0.39 is 58.7 Å². The second-order valence-corrected chi connectivity index (χ2v) is 8.14. The number of carbonyl (C=O) groups is 1. The van der Waals surface area contributed by atoms with Crippen molar-refractivity contribution >= 4 is 5.91 Å². The Balaban J connectivity index is 2.13. The number of benzene rings is 3. The van der Waals surface area contributed by atoms with Gasteiger partial charge in [-0.05, 0) is 60.5 Å². The summed E-state index contributed by atoms with van der Waals surface area (Å²) < 4.78 is 129. The van der Waals surface area contributed by atoms with Crippen molar-refractivity contribution in [2.24, 2.45) is 0 Å². The number of ether oxygens (including phenoxy) is 2. The minimum Gasteiger partial charge on any atom is -0.497 e. The molecule has 3 rings (SSSR count). The molecule has 1 amide bonds. The third kappa shape index (κ3) is 6.14. The fourth-order valence-electron chi connectivity index (χ4n) is 3.53. The lowest BCUT2D eigenvalue weighted by molar-refractivity contribution is -0.253. The summed E-state index contributed by atoms with van der Waals surface area (Å²) in [6.45, 7) is 1.25. The molecule has 0 fully saturated rings. The third-order valence-corrected chi connectivity index (χ3v) is 5.52. The van der Waals surface area contributed by atoms with Gasteiger partial charge in [0.25, 0.3) is 5.91 Å². The van der Waals surface area contributed by atoms with Crippen molar-refractivity contribution in [2.75, 3.05) is 7.11 Å². The normalized spacial score (nSPS) is 13.7. The quantitative estimate of drug-likeness (QED) is 0.309. The van der Waals surface area contributed by atoms with Crippen LogP contribution in [0.5, 0.6) is 11.5 Å². The summed E-state index contributed by atoms with van der Waals surface area (Å²) in [5.41, 5.74) is -4.35. The van der Waals surface area contributed by atoms with Gasteiger partial charge in [-0.25, -0.2) is 8.78 Å². The predicted molar refractivity (Wildman–Crippen MR) is 116 cm³/mol. The summed E-state index contributed by atoms with van der Waals surface area (Å²) in [4.78, 5) is 13.0. The summed E-state index contributed by atoms with van der Waals surface area (Å²) >= 11 is 0. The van der Waals surface area contributed by atoms with Crippen molar-refractivity contribution in [1.29, 1.82) is 0 Å². The lowest BCUT2D eigenvalue weighted by atomic mass is 9.84. The highest BCUT2D eigenvalue weighted by Crippen LogP contribution is 2.37. The fourth-order valence-corrected chi connectivity index (χ4v) is 3.53. The van der Waals surface area contributed by atoms with E-state index in [9.17, 15) is 44.3 Å². The highest BCUT2D eigenvalue weighted by Gasteiger charge is 2.44. The van der Waals surface area contributed by atoms with E-state index in [1.807, 2.05) is 0 Å². The van der Waals surface area contributed by atoms with Gasteiger partial charge in [-0.15, -0.1) is 0 Å². The topological polar surface area (TPSA) is 47.6 Å². The lowest BCUT2D eigenvalue weighted by Gasteiger charge is -2.33. The molecular weight excluding hydrogens is 533 g/mol. The first kappa shape index (κ1) is 28.7. The minimum absolute atomic E-state index is 0.155. The number of carbonyl (C=O) groups excluding carboxylic acids is 1. The van der Waals surface area contributed by atoms with E-state index in [1.165, 1.54) is 38.3 Å². The van der Waals surface area contributed by atoms with Crippen molar-refractivity contribution < 1.29 is 53.8 Å². The van der Waals surface area contributed by atoms with Gasteiger partial charge in [0.1, 0.15) is 23.1 Å². The molecule has 38 heavy (non-hydrogen) atoms. The Morgan fingerprint density at radius 3 is 2.03 bits per heavy atom. The number of methoxy groups -OCH3 is 1. The Morgan fingerprint density at radius 2 is 1.47 bits per heavy atom. The van der Waals surface area contributed by atoms with Gasteiger partial charge in [0.15, 0.2) is 0 Å². The van der Waals surface area contributed by atoms with Crippen LogP contribution in [0, 0.1) is 11.6 Å². The molecule has 0 aliphatic rings. The van der Waals surface area contributed by atoms with Gasteiger partial charge < -0.3 is 14.8 Å². The van der Waals surface area contributed by atoms with Crippen molar-refractivity contribution in [3.05, 3.63) is 94.6 Å². The smallest absolute Gasteiger partial charge is 0.461 e. The second-order valence-electron chi connectivity index (χ2n) is 8.14. The molecule has 0 aromatic heterocycles. The summed E-state index contributed by atoms with van der Waals surface area (Å²) in [6.07, 6.45) is -14.3. The molecule has 13 heteroatoms. The maximum absolute atomic E-state index is 14.4. The van der Waals surface area contributed by atoms with E-state index in [1.54, 1.807) is 0 Å². The molecule has 1 N–H and O–H groups in total. The van der Waals surface area contributed by atoms with Crippen molar-refractivity contribution in [3.8, 4) is 11.5 Å². The number of amides is 1. The van der Waals surface area contributed by atoms with Crippen molar-refractivity contribution in [3.63, 3.8) is 0 Å². The Bertz CT molecular complexity index is 1310. The van der Waals surface area contributed by atoms with E-state index >= 15 is 0 Å². The highest BCUT2D eigenvalue weighted by atomic mass is 19.4. The van der Waals surface area contributed by atoms with Crippen LogP contribution < -0.4 is 14.8 Å². The predicted octanol–water partition coefficient (Wildman–Crippen LogP) is 6.92. The van der Waals surface area contributed by atoms with E-state index in [0.717, 1.165) is 18.2 Å². The SMILES string of the molecule is COc1ccc([C@@](C)(NC(=O)c2ccc(F)c(C(F)(F)F)c2)c2cc(F)cc(OC(F)(F)C(F)F)c2)cc1. The van der Waals surface area contributed by atoms with Crippen LogP contribution in [-0.2, 0) is 11.7 Å². The molecule has 0 saturated heterocycles. The van der Waals surface area contributed by atoms with Crippen LogP contribution in [0.2, 0.25) is 0 Å². The van der Waals surface area contributed by atoms with Crippen LogP contribution in [0.3, 0.4) is 0 Å². The highest BCUT2D eigenvalue weighted by molar-refractivity contribution is 5.95. The largest absolute Gasteiger partial charge is 0.497 e. The molecule has 0 heterocycles. The Morgan fingerprint density at radius 1 is 0.842 bits per heavy atom. The molecule has 204 valence electrons. The summed E-state index contributed by atoms with van der Waals surface area (Å²) in [5, 5.41) is 2.39. The maximum atomic E-state index is 14.4. The number of hydrogen-bond donors (Lipinski definition) is 1. The van der Waals surface area contributed by atoms with Crippen LogP contribution in [0.15, 0.2) is 60.7 Å². The number of rotatable bonds is 8. The van der Waals surface area contributed by atoms with Gasteiger partial charge in [-0.3, -0.25) is 4.79 Å². The second kappa shape index (κ2) is 10.5. The zero-order valence-corrected chi connectivity index (χ0v) is 19.5. The molecule has 0 aliphatic carbocycles. The number of halogens is 9. The molecule has 4 nitrogen and oxygen atoms in total. The van der Waals surface area contributed by atoms with Gasteiger partial charge in [0.05, 0.1) is 18.2 Å². The standard InChI is InChI=1S/C25H18F9NO3/c1-23(14-4-6-17(37-2)7-5-14,15-10-16(26)12-18(11-15)38-25(33,34)22(28)29)35-21(36)13-3-8-20(27)19(9-13)24(30,31)32/h3-12,22H,1-2H3,(H,35,36)/t23-/m1/s1. The Kier molecular flexibility index (Phi) is 7.89. The number of hydrogen-bond acceptors (Lipinski definition) is 3. The number of nitrogens with one attached hydrogen (secondary N) is 1. The molecular formula is C25H18F9NO3.